The van der Waals surface area contributed by atoms with Gasteiger partial charge in [-0.05, 0) is 56.4 Å². The highest BCUT2D eigenvalue weighted by molar-refractivity contribution is 7.16. The fraction of sp³-hybridized carbons (Fsp3) is 0.714. The summed E-state index contributed by atoms with van der Waals surface area (Å²) in [7, 11) is 0. The molecule has 2 fully saturated rings. The second-order valence-corrected chi connectivity index (χ2v) is 9.48. The highest BCUT2D eigenvalue weighted by Crippen LogP contribution is 2.37. The van der Waals surface area contributed by atoms with E-state index in [2.05, 4.69) is 11.4 Å². The van der Waals surface area contributed by atoms with Crippen molar-refractivity contribution in [1.82, 2.24) is 0 Å². The van der Waals surface area contributed by atoms with E-state index in [-0.39, 0.29) is 5.91 Å². The number of hydrogen-bond acceptors (Lipinski definition) is 3. The fourth-order valence-electron chi connectivity index (χ4n) is 5.27. The summed E-state index contributed by atoms with van der Waals surface area (Å²) < 4.78 is 0. The zero-order valence-corrected chi connectivity index (χ0v) is 16.4. The van der Waals surface area contributed by atoms with Crippen LogP contribution < -0.4 is 10.2 Å². The van der Waals surface area contributed by atoms with E-state index in [1.54, 1.807) is 16.2 Å². The molecular formula is C21H30N3OS+. The summed E-state index contributed by atoms with van der Waals surface area (Å²) in [6.07, 6.45) is 12.0. The second-order valence-electron chi connectivity index (χ2n) is 8.37. The van der Waals surface area contributed by atoms with Gasteiger partial charge >= 0.3 is 0 Å². The predicted molar refractivity (Wildman–Crippen MR) is 105 cm³/mol. The first-order chi connectivity index (χ1) is 12.7. The van der Waals surface area contributed by atoms with Gasteiger partial charge in [-0.3, -0.25) is 4.79 Å². The van der Waals surface area contributed by atoms with Crippen molar-refractivity contribution < 1.29 is 9.69 Å². The molecule has 26 heavy (non-hydrogen) atoms. The molecule has 2 N–H and O–H groups in total. The average molecular weight is 373 g/mol. The van der Waals surface area contributed by atoms with E-state index in [4.69, 9.17) is 0 Å². The Labute approximate surface area is 160 Å². The van der Waals surface area contributed by atoms with Crippen LogP contribution in [0.5, 0.6) is 0 Å². The molecule has 0 radical (unpaired) electrons. The molecule has 1 aliphatic heterocycles. The van der Waals surface area contributed by atoms with Gasteiger partial charge in [-0.25, -0.2) is 0 Å². The molecule has 0 bridgehead atoms. The summed E-state index contributed by atoms with van der Waals surface area (Å²) >= 11 is 1.63. The molecule has 2 aliphatic carbocycles. The SMILES string of the molecule is N#Cc1c(NC(=O)CC[NH+]2CC[C@@H]3CCCC[C@@H]3C2)sc2c1CCCC2. The van der Waals surface area contributed by atoms with Crippen LogP contribution in [0.2, 0.25) is 0 Å². The predicted octanol–water partition coefficient (Wildman–Crippen LogP) is 2.92. The molecule has 1 aromatic rings. The Morgan fingerprint density at radius 3 is 2.81 bits per heavy atom. The molecule has 1 aromatic heterocycles. The molecule has 1 saturated heterocycles. The Kier molecular flexibility index (Phi) is 5.61. The van der Waals surface area contributed by atoms with Crippen LogP contribution in [-0.4, -0.2) is 25.5 Å². The molecule has 5 heteroatoms. The van der Waals surface area contributed by atoms with Crippen LogP contribution in [0.1, 0.15) is 67.4 Å². The number of anilines is 1. The first-order valence-electron chi connectivity index (χ1n) is 10.4. The quantitative estimate of drug-likeness (QED) is 0.854. The van der Waals surface area contributed by atoms with Crippen LogP contribution in [0, 0.1) is 23.2 Å². The number of hydrogen-bond donors (Lipinski definition) is 2. The number of piperidine rings is 1. The Balaban J connectivity index is 1.31. The summed E-state index contributed by atoms with van der Waals surface area (Å²) in [5.41, 5.74) is 1.93. The van der Waals surface area contributed by atoms with E-state index in [1.165, 1.54) is 62.1 Å². The van der Waals surface area contributed by atoms with Gasteiger partial charge in [-0.1, -0.05) is 12.8 Å². The van der Waals surface area contributed by atoms with E-state index in [9.17, 15) is 10.1 Å². The fourth-order valence-corrected chi connectivity index (χ4v) is 6.53. The number of aryl methyl sites for hydroxylation is 1. The molecule has 4 rings (SSSR count). The number of rotatable bonds is 4. The number of carbonyl (C=O) groups excluding carboxylic acids is 1. The van der Waals surface area contributed by atoms with Crippen LogP contribution in [0.25, 0.3) is 0 Å². The van der Waals surface area contributed by atoms with Crippen LogP contribution in [-0.2, 0) is 17.6 Å². The molecule has 0 aromatic carbocycles. The molecule has 4 nitrogen and oxygen atoms in total. The lowest BCUT2D eigenvalue weighted by atomic mass is 9.75. The van der Waals surface area contributed by atoms with E-state index in [0.29, 0.717) is 6.42 Å². The van der Waals surface area contributed by atoms with Gasteiger partial charge in [0.15, 0.2) is 0 Å². The lowest BCUT2D eigenvalue weighted by Crippen LogP contribution is -3.14. The summed E-state index contributed by atoms with van der Waals surface area (Å²) in [4.78, 5) is 15.4. The van der Waals surface area contributed by atoms with E-state index >= 15 is 0 Å². The average Bonchev–Trinajstić information content (AvgIpc) is 3.03. The number of amides is 1. The number of carbonyl (C=O) groups is 1. The number of fused-ring (bicyclic) bond motifs is 2. The van der Waals surface area contributed by atoms with Crippen molar-refractivity contribution in [3.63, 3.8) is 0 Å². The van der Waals surface area contributed by atoms with Gasteiger partial charge in [0.1, 0.15) is 11.1 Å². The van der Waals surface area contributed by atoms with Crippen LogP contribution >= 0.6 is 11.3 Å². The molecule has 0 spiro atoms. The third kappa shape index (κ3) is 3.82. The maximum Gasteiger partial charge on any atom is 0.230 e. The summed E-state index contributed by atoms with van der Waals surface area (Å²) in [5, 5.41) is 13.4. The third-order valence-electron chi connectivity index (χ3n) is 6.73. The second kappa shape index (κ2) is 8.10. The maximum absolute atomic E-state index is 12.5. The number of thiophene rings is 1. The lowest BCUT2D eigenvalue weighted by molar-refractivity contribution is -0.910. The molecule has 1 saturated carbocycles. The van der Waals surface area contributed by atoms with Crippen molar-refractivity contribution in [1.29, 1.82) is 5.26 Å². The van der Waals surface area contributed by atoms with E-state index in [1.807, 2.05) is 0 Å². The number of nitriles is 1. The Bertz CT molecular complexity index is 705. The van der Waals surface area contributed by atoms with Crippen molar-refractivity contribution in [2.45, 2.75) is 64.2 Å². The first kappa shape index (κ1) is 18.0. The topological polar surface area (TPSA) is 57.3 Å². The number of quaternary nitrogens is 1. The summed E-state index contributed by atoms with van der Waals surface area (Å²) in [5.74, 6) is 1.93. The Morgan fingerprint density at radius 1 is 1.15 bits per heavy atom. The minimum Gasteiger partial charge on any atom is -0.334 e. The van der Waals surface area contributed by atoms with Gasteiger partial charge in [0.2, 0.25) is 5.91 Å². The Morgan fingerprint density at radius 2 is 1.96 bits per heavy atom. The van der Waals surface area contributed by atoms with Gasteiger partial charge in [0, 0.05) is 10.8 Å². The van der Waals surface area contributed by atoms with Crippen LogP contribution in [0.4, 0.5) is 5.00 Å². The van der Waals surface area contributed by atoms with E-state index in [0.717, 1.165) is 48.2 Å². The minimum atomic E-state index is 0.0818. The monoisotopic (exact) mass is 372 g/mol. The van der Waals surface area contributed by atoms with Gasteiger partial charge in [-0.2, -0.15) is 5.26 Å². The normalized spacial score (nSPS) is 27.9. The van der Waals surface area contributed by atoms with Gasteiger partial charge < -0.3 is 10.2 Å². The standard InChI is InChI=1S/C21H29N3OS/c22-13-18-17-7-3-4-8-19(17)26-21(18)23-20(25)10-12-24-11-9-15-5-1-2-6-16(15)14-24/h15-16H,1-12,14H2,(H,23,25)/p+1/t15-,16+/m0/s1. The highest BCUT2D eigenvalue weighted by atomic mass is 32.1. The smallest absolute Gasteiger partial charge is 0.230 e. The number of nitrogens with zero attached hydrogens (tertiary/aromatic N) is 1. The van der Waals surface area contributed by atoms with Crippen molar-refractivity contribution in [2.24, 2.45) is 11.8 Å². The molecule has 140 valence electrons. The molecular weight excluding hydrogens is 342 g/mol. The number of nitrogens with one attached hydrogen (secondary N) is 2. The Hall–Kier alpha value is -1.38. The zero-order valence-electron chi connectivity index (χ0n) is 15.6. The highest BCUT2D eigenvalue weighted by Gasteiger charge is 2.33. The van der Waals surface area contributed by atoms with Crippen molar-refractivity contribution in [2.75, 3.05) is 25.0 Å². The van der Waals surface area contributed by atoms with Gasteiger partial charge in [-0.15, -0.1) is 11.3 Å². The largest absolute Gasteiger partial charge is 0.334 e. The molecule has 1 unspecified atom stereocenters. The van der Waals surface area contributed by atoms with E-state index < -0.39 is 0 Å². The first-order valence-corrected chi connectivity index (χ1v) is 11.2. The minimum absolute atomic E-state index is 0.0818. The van der Waals surface area contributed by atoms with Gasteiger partial charge in [0.05, 0.1) is 31.6 Å². The summed E-state index contributed by atoms with van der Waals surface area (Å²) in [6.45, 7) is 3.42. The summed E-state index contributed by atoms with van der Waals surface area (Å²) in [6, 6.07) is 2.34. The maximum atomic E-state index is 12.5. The molecule has 2 heterocycles. The molecule has 3 atom stereocenters. The molecule has 1 amide bonds. The zero-order chi connectivity index (χ0) is 17.9. The number of likely N-dealkylation sites (tertiary alicyclic amines) is 1. The lowest BCUT2D eigenvalue weighted by Gasteiger charge is -2.38. The molecule has 3 aliphatic rings. The van der Waals surface area contributed by atoms with Crippen molar-refractivity contribution in [3.05, 3.63) is 16.0 Å². The van der Waals surface area contributed by atoms with Crippen LogP contribution in [0.15, 0.2) is 0 Å². The van der Waals surface area contributed by atoms with Crippen molar-refractivity contribution >= 4 is 22.2 Å². The van der Waals surface area contributed by atoms with Crippen LogP contribution in [0.3, 0.4) is 0 Å². The third-order valence-corrected chi connectivity index (χ3v) is 7.93. The van der Waals surface area contributed by atoms with Crippen molar-refractivity contribution in [3.8, 4) is 6.07 Å². The van der Waals surface area contributed by atoms with Gasteiger partial charge in [0.25, 0.3) is 0 Å².